The van der Waals surface area contributed by atoms with Crippen LogP contribution in [0.4, 0.5) is 0 Å². The SMILES string of the molecule is COc1ccc(C(C(=O)C2SCCCS2)=C(c2ccc(Cl)cc2)c2ccc(Cl)cc2)cc1. The molecule has 2 nitrogen and oxygen atoms in total. The zero-order chi connectivity index (χ0) is 22.5. The molecule has 0 bridgehead atoms. The molecule has 1 saturated heterocycles. The molecular weight excluding hydrogens is 479 g/mol. The minimum Gasteiger partial charge on any atom is -0.497 e. The lowest BCUT2D eigenvalue weighted by Crippen LogP contribution is -2.20. The molecule has 1 heterocycles. The maximum Gasteiger partial charge on any atom is 0.187 e. The van der Waals surface area contributed by atoms with Gasteiger partial charge in [0.15, 0.2) is 5.78 Å². The first-order chi connectivity index (χ1) is 15.6. The molecule has 0 saturated carbocycles. The third kappa shape index (κ3) is 5.37. The van der Waals surface area contributed by atoms with Crippen LogP contribution in [0.2, 0.25) is 10.0 Å². The number of ether oxygens (including phenoxy) is 1. The van der Waals surface area contributed by atoms with Crippen LogP contribution in [0.5, 0.6) is 5.75 Å². The number of thioether (sulfide) groups is 2. The van der Waals surface area contributed by atoms with Gasteiger partial charge in [0.05, 0.1) is 7.11 Å². The highest BCUT2D eigenvalue weighted by atomic mass is 35.5. The molecule has 0 N–H and O–H groups in total. The highest BCUT2D eigenvalue weighted by Gasteiger charge is 2.29. The number of hydrogen-bond donors (Lipinski definition) is 0. The van der Waals surface area contributed by atoms with Crippen LogP contribution < -0.4 is 4.74 Å². The van der Waals surface area contributed by atoms with Gasteiger partial charge < -0.3 is 4.74 Å². The first-order valence-corrected chi connectivity index (χ1v) is 13.1. The number of benzene rings is 3. The Morgan fingerprint density at radius 2 is 1.25 bits per heavy atom. The van der Waals surface area contributed by atoms with Gasteiger partial charge in [0.1, 0.15) is 10.3 Å². The lowest BCUT2D eigenvalue weighted by molar-refractivity contribution is -0.112. The van der Waals surface area contributed by atoms with E-state index in [-0.39, 0.29) is 10.4 Å². The third-order valence-electron chi connectivity index (χ3n) is 5.18. The predicted octanol–water partition coefficient (Wildman–Crippen LogP) is 7.73. The van der Waals surface area contributed by atoms with Gasteiger partial charge in [-0.05, 0) is 71.0 Å². The van der Waals surface area contributed by atoms with Crippen LogP contribution in [0.25, 0.3) is 11.1 Å². The summed E-state index contributed by atoms with van der Waals surface area (Å²) in [5.74, 6) is 2.87. The molecule has 0 aromatic heterocycles. The molecule has 1 fully saturated rings. The van der Waals surface area contributed by atoms with E-state index in [0.717, 1.165) is 45.9 Å². The maximum atomic E-state index is 14.0. The van der Waals surface area contributed by atoms with E-state index >= 15 is 0 Å². The molecular formula is C26H22Cl2O2S2. The molecule has 3 aromatic carbocycles. The fourth-order valence-electron chi connectivity index (χ4n) is 3.61. The minimum absolute atomic E-state index is 0.129. The van der Waals surface area contributed by atoms with Crippen molar-refractivity contribution < 1.29 is 9.53 Å². The van der Waals surface area contributed by atoms with Crippen molar-refractivity contribution in [3.63, 3.8) is 0 Å². The van der Waals surface area contributed by atoms with E-state index in [9.17, 15) is 4.79 Å². The molecule has 1 aliphatic rings. The van der Waals surface area contributed by atoms with Gasteiger partial charge in [-0.3, -0.25) is 4.79 Å². The average molecular weight is 502 g/mol. The number of halogens is 2. The molecule has 0 amide bonds. The molecule has 32 heavy (non-hydrogen) atoms. The second kappa shape index (κ2) is 10.8. The zero-order valence-corrected chi connectivity index (χ0v) is 20.7. The summed E-state index contributed by atoms with van der Waals surface area (Å²) in [4.78, 5) is 14.0. The lowest BCUT2D eigenvalue weighted by atomic mass is 9.87. The summed E-state index contributed by atoms with van der Waals surface area (Å²) in [7, 11) is 1.64. The van der Waals surface area contributed by atoms with E-state index in [2.05, 4.69) is 0 Å². The minimum atomic E-state index is -0.129. The quantitative estimate of drug-likeness (QED) is 0.255. The Labute approximate surface area is 207 Å². The Hall–Kier alpha value is -1.85. The van der Waals surface area contributed by atoms with E-state index in [1.807, 2.05) is 72.8 Å². The van der Waals surface area contributed by atoms with E-state index < -0.39 is 0 Å². The number of ketones is 1. The van der Waals surface area contributed by atoms with Crippen LogP contribution >= 0.6 is 46.7 Å². The van der Waals surface area contributed by atoms with Gasteiger partial charge >= 0.3 is 0 Å². The van der Waals surface area contributed by atoms with Gasteiger partial charge in [-0.25, -0.2) is 0 Å². The summed E-state index contributed by atoms with van der Waals surface area (Å²) in [6.45, 7) is 0. The van der Waals surface area contributed by atoms with E-state index in [1.54, 1.807) is 30.6 Å². The van der Waals surface area contributed by atoms with Gasteiger partial charge in [0.2, 0.25) is 0 Å². The van der Waals surface area contributed by atoms with Crippen molar-refractivity contribution in [3.05, 3.63) is 99.5 Å². The second-order valence-electron chi connectivity index (χ2n) is 7.28. The molecule has 0 spiro atoms. The number of Topliss-reactive ketones (excluding diaryl/α,β-unsaturated/α-hetero) is 1. The number of carbonyl (C=O) groups excluding carboxylic acids is 1. The van der Waals surface area contributed by atoms with Gasteiger partial charge in [-0.15, -0.1) is 23.5 Å². The number of carbonyl (C=O) groups is 1. The van der Waals surface area contributed by atoms with Crippen molar-refractivity contribution in [1.82, 2.24) is 0 Å². The van der Waals surface area contributed by atoms with Gasteiger partial charge in [-0.2, -0.15) is 0 Å². The van der Waals surface area contributed by atoms with Crippen LogP contribution in [0, 0.1) is 0 Å². The molecule has 1 aliphatic heterocycles. The Morgan fingerprint density at radius 3 is 1.72 bits per heavy atom. The third-order valence-corrected chi connectivity index (χ3v) is 8.58. The van der Waals surface area contributed by atoms with Crippen molar-refractivity contribution in [1.29, 1.82) is 0 Å². The number of hydrogen-bond acceptors (Lipinski definition) is 4. The van der Waals surface area contributed by atoms with Gasteiger partial charge in [0.25, 0.3) is 0 Å². The summed E-state index contributed by atoms with van der Waals surface area (Å²) in [6, 6.07) is 23.0. The molecule has 0 unspecified atom stereocenters. The summed E-state index contributed by atoms with van der Waals surface area (Å²) < 4.78 is 5.21. The Balaban J connectivity index is 1.97. The first kappa shape index (κ1) is 23.3. The van der Waals surface area contributed by atoms with E-state index in [0.29, 0.717) is 15.6 Å². The monoisotopic (exact) mass is 500 g/mol. The topological polar surface area (TPSA) is 26.3 Å². The Bertz CT molecular complexity index is 1050. The van der Waals surface area contributed by atoms with Gasteiger partial charge in [-0.1, -0.05) is 59.6 Å². The number of methoxy groups -OCH3 is 1. The Kier molecular flexibility index (Phi) is 7.90. The average Bonchev–Trinajstić information content (AvgIpc) is 2.84. The van der Waals surface area contributed by atoms with Crippen LogP contribution in [0.1, 0.15) is 23.1 Å². The van der Waals surface area contributed by atoms with E-state index in [1.165, 1.54) is 0 Å². The van der Waals surface area contributed by atoms with Crippen molar-refractivity contribution in [3.8, 4) is 5.75 Å². The molecule has 0 atom stereocenters. The second-order valence-corrected chi connectivity index (χ2v) is 10.9. The van der Waals surface area contributed by atoms with Crippen molar-refractivity contribution in [2.24, 2.45) is 0 Å². The molecule has 0 radical (unpaired) electrons. The highest BCUT2D eigenvalue weighted by Crippen LogP contribution is 2.40. The predicted molar refractivity (Wildman–Crippen MR) is 140 cm³/mol. The van der Waals surface area contributed by atoms with Crippen molar-refractivity contribution in [2.75, 3.05) is 18.6 Å². The number of rotatable bonds is 6. The maximum absolute atomic E-state index is 14.0. The largest absolute Gasteiger partial charge is 0.497 e. The van der Waals surface area contributed by atoms with Crippen molar-refractivity contribution in [2.45, 2.75) is 11.0 Å². The fraction of sp³-hybridized carbons (Fsp3) is 0.192. The molecule has 0 aliphatic carbocycles. The van der Waals surface area contributed by atoms with Crippen LogP contribution in [-0.2, 0) is 4.79 Å². The normalized spacial score (nSPS) is 14.1. The summed E-state index contributed by atoms with van der Waals surface area (Å²) in [6.07, 6.45) is 1.13. The highest BCUT2D eigenvalue weighted by molar-refractivity contribution is 8.18. The fourth-order valence-corrected chi connectivity index (χ4v) is 6.60. The Morgan fingerprint density at radius 1 is 0.781 bits per heavy atom. The summed E-state index contributed by atoms with van der Waals surface area (Å²) in [5, 5.41) is 1.31. The van der Waals surface area contributed by atoms with Gasteiger partial charge in [0, 0.05) is 21.2 Å². The molecule has 3 aromatic rings. The van der Waals surface area contributed by atoms with Crippen molar-refractivity contribution >= 4 is 63.7 Å². The van der Waals surface area contributed by atoms with Crippen LogP contribution in [0.15, 0.2) is 72.8 Å². The smallest absolute Gasteiger partial charge is 0.187 e. The van der Waals surface area contributed by atoms with E-state index in [4.69, 9.17) is 27.9 Å². The molecule has 6 heteroatoms. The molecule has 164 valence electrons. The van der Waals surface area contributed by atoms with Crippen LogP contribution in [-0.4, -0.2) is 29.0 Å². The number of allylic oxidation sites excluding steroid dienone is 1. The standard InChI is InChI=1S/C26H22Cl2O2S2/c1-30-22-13-7-19(8-14-22)24(25(29)26-31-15-2-16-32-26)23(17-3-9-20(27)10-4-17)18-5-11-21(28)12-6-18/h3-14,26H,2,15-16H2,1H3. The summed E-state index contributed by atoms with van der Waals surface area (Å²) >= 11 is 15.8. The summed E-state index contributed by atoms with van der Waals surface area (Å²) in [5.41, 5.74) is 4.30. The lowest BCUT2D eigenvalue weighted by Gasteiger charge is -2.24. The first-order valence-electron chi connectivity index (χ1n) is 10.2. The van der Waals surface area contributed by atoms with Crippen LogP contribution in [0.3, 0.4) is 0 Å². The zero-order valence-electron chi connectivity index (χ0n) is 17.5. The molecule has 4 rings (SSSR count).